The number of carboxylic acid groups (broad SMARTS) is 1. The van der Waals surface area contributed by atoms with Crippen molar-refractivity contribution < 1.29 is 52.4 Å². The molecule has 296 valence electrons. The van der Waals surface area contributed by atoms with Crippen LogP contribution in [0.25, 0.3) is 0 Å². The predicted molar refractivity (Wildman–Crippen MR) is 202 cm³/mol. The maximum atomic E-state index is 14.1. The first kappa shape index (κ1) is 39.4. The number of fused-ring (bicyclic) bond motifs is 3. The first-order valence-electron chi connectivity index (χ1n) is 18.5. The molecule has 3 saturated heterocycles. The van der Waals surface area contributed by atoms with E-state index >= 15 is 0 Å². The van der Waals surface area contributed by atoms with Crippen molar-refractivity contribution in [2.24, 2.45) is 11.8 Å². The summed E-state index contributed by atoms with van der Waals surface area (Å²) >= 11 is 13.2. The molecule has 2 bridgehead atoms. The molecule has 0 spiro atoms. The number of methoxy groups -OCH3 is 1. The van der Waals surface area contributed by atoms with Gasteiger partial charge < -0.3 is 29.4 Å². The summed E-state index contributed by atoms with van der Waals surface area (Å²) < 4.78 is 50.0. The number of esters is 1. The number of anilines is 1. The number of carboxylic acids is 1. The number of nitrogens with zero attached hydrogens (tertiary/aromatic N) is 2. The van der Waals surface area contributed by atoms with Gasteiger partial charge >= 0.3 is 18.6 Å². The van der Waals surface area contributed by atoms with E-state index < -0.39 is 30.5 Å². The summed E-state index contributed by atoms with van der Waals surface area (Å²) in [5.74, 6) is -1.47. The number of hydrogen-bond donors (Lipinski definition) is 3. The number of hydrogen-bond acceptors (Lipinski definition) is 9. The fraction of sp³-hybridized carbons (Fsp3) is 0.390. The molecule has 0 amide bonds. The Morgan fingerprint density at radius 2 is 1.64 bits per heavy atom. The van der Waals surface area contributed by atoms with Crippen molar-refractivity contribution in [1.82, 2.24) is 4.90 Å². The van der Waals surface area contributed by atoms with Crippen molar-refractivity contribution in [1.29, 1.82) is 0 Å². The average molecular weight is 814 g/mol. The van der Waals surface area contributed by atoms with Crippen LogP contribution in [0.3, 0.4) is 0 Å². The number of halogens is 4. The maximum Gasteiger partial charge on any atom is 0.387 e. The molecular formula is C41H42Cl2F2N3O8+. The van der Waals surface area contributed by atoms with Crippen LogP contribution in [0.5, 0.6) is 17.2 Å². The fourth-order valence-corrected chi connectivity index (χ4v) is 8.13. The van der Waals surface area contributed by atoms with Gasteiger partial charge in [-0.25, -0.2) is 9.59 Å². The molecule has 4 aromatic rings. The minimum Gasteiger partial charge on any atom is -0.497 e. The van der Waals surface area contributed by atoms with Gasteiger partial charge in [-0.15, -0.1) is 0 Å². The number of carbonyl (C=O) groups excluding carboxylic acids is 1. The zero-order valence-corrected chi connectivity index (χ0v) is 32.0. The third kappa shape index (κ3) is 9.22. The molecule has 1 aliphatic carbocycles. The van der Waals surface area contributed by atoms with Crippen LogP contribution in [0.1, 0.15) is 70.3 Å². The normalized spacial score (nSPS) is 19.9. The van der Waals surface area contributed by atoms with Gasteiger partial charge in [0, 0.05) is 28.4 Å². The Morgan fingerprint density at radius 1 is 0.946 bits per heavy atom. The van der Waals surface area contributed by atoms with Crippen LogP contribution in [0.2, 0.25) is 10.0 Å². The van der Waals surface area contributed by atoms with Crippen LogP contribution < -0.4 is 24.3 Å². The van der Waals surface area contributed by atoms with Gasteiger partial charge in [0.1, 0.15) is 21.9 Å². The second kappa shape index (κ2) is 17.1. The van der Waals surface area contributed by atoms with Crippen LogP contribution in [-0.2, 0) is 16.0 Å². The fourth-order valence-electron chi connectivity index (χ4n) is 7.52. The number of piperidine rings is 3. The first-order chi connectivity index (χ1) is 26.9. The van der Waals surface area contributed by atoms with Crippen molar-refractivity contribution >= 4 is 40.8 Å². The number of pyridine rings is 1. The standard InChI is InChI=1S/C41H41Cl2F2N3O8/c1-53-28-8-4-25(5-9-28)38(40(51)55-37-21-47-14-12-24(37)13-15-47)46-27-7-10-29(39(49)50)31(17-27)30(18-32-33(42)19-48(52)20-34(32)43)26-6-11-35(56-41(44)45)36(16-26)54-22-23-2-3-23/h4-11,16-17,19-20,23-24,30,37-38,41,46H,2-3,12-15,18,21-22H2,1H3,(H-,49,50,52)/p+1/t30-,37-,38?/m0/s1. The van der Waals surface area contributed by atoms with Crippen molar-refractivity contribution in [2.45, 2.75) is 56.8 Å². The van der Waals surface area contributed by atoms with Gasteiger partial charge in [-0.1, -0.05) is 41.4 Å². The van der Waals surface area contributed by atoms with E-state index in [0.717, 1.165) is 38.8 Å². The molecule has 3 atom stereocenters. The van der Waals surface area contributed by atoms with Gasteiger partial charge in [0.05, 0.1) is 19.3 Å². The third-order valence-corrected chi connectivity index (χ3v) is 11.4. The predicted octanol–water partition coefficient (Wildman–Crippen LogP) is 7.78. The summed E-state index contributed by atoms with van der Waals surface area (Å²) in [6.07, 6.45) is 6.08. The van der Waals surface area contributed by atoms with Gasteiger partial charge in [-0.05, 0) is 116 Å². The van der Waals surface area contributed by atoms with Crippen LogP contribution in [-0.4, -0.2) is 73.2 Å². The lowest BCUT2D eigenvalue weighted by molar-refractivity contribution is -0.904. The molecule has 3 N–H and O–H groups in total. The van der Waals surface area contributed by atoms with Crippen LogP contribution >= 0.6 is 23.2 Å². The minimum atomic E-state index is -3.11. The van der Waals surface area contributed by atoms with Crippen LogP contribution in [0, 0.1) is 11.8 Å². The van der Waals surface area contributed by atoms with Crippen molar-refractivity contribution in [2.75, 3.05) is 38.7 Å². The van der Waals surface area contributed by atoms with Crippen molar-refractivity contribution in [3.63, 3.8) is 0 Å². The number of aromatic carboxylic acids is 1. The molecule has 3 aliphatic heterocycles. The summed E-state index contributed by atoms with van der Waals surface area (Å²) in [7, 11) is 1.55. The van der Waals surface area contributed by atoms with Gasteiger partial charge in [0.15, 0.2) is 17.5 Å². The number of nitrogens with one attached hydrogen (secondary N) is 1. The SMILES string of the molecule is COc1ccc(C(Nc2ccc(C(=O)O)c([C@@H](Cc3c(Cl)c[n+](O)cc3Cl)c3ccc(OC(F)F)c(OCC4CC4)c3)c2)C(=O)O[C@H]2CN3CCC2CC3)cc1. The number of benzene rings is 3. The molecule has 4 heterocycles. The topological polar surface area (TPSA) is 131 Å². The Bertz CT molecular complexity index is 2040. The zero-order valence-electron chi connectivity index (χ0n) is 30.5. The third-order valence-electron chi connectivity index (χ3n) is 10.8. The highest BCUT2D eigenvalue weighted by atomic mass is 35.5. The van der Waals surface area contributed by atoms with Crippen LogP contribution in [0.15, 0.2) is 73.1 Å². The van der Waals surface area contributed by atoms with Crippen molar-refractivity contribution in [3.05, 3.63) is 111 Å². The second-order valence-electron chi connectivity index (χ2n) is 14.5. The highest BCUT2D eigenvalue weighted by Crippen LogP contribution is 2.41. The van der Waals surface area contributed by atoms with Crippen LogP contribution in [0.4, 0.5) is 14.5 Å². The van der Waals surface area contributed by atoms with E-state index in [1.54, 1.807) is 55.6 Å². The lowest BCUT2D eigenvalue weighted by Gasteiger charge is -2.44. The quantitative estimate of drug-likeness (QED) is 0.0586. The lowest BCUT2D eigenvalue weighted by Crippen LogP contribution is -2.52. The van der Waals surface area contributed by atoms with E-state index in [0.29, 0.717) is 57.5 Å². The largest absolute Gasteiger partial charge is 0.497 e. The second-order valence-corrected chi connectivity index (χ2v) is 15.3. The molecule has 8 rings (SSSR count). The van der Waals surface area contributed by atoms with E-state index in [2.05, 4.69) is 10.2 Å². The molecule has 1 unspecified atom stereocenters. The monoisotopic (exact) mass is 812 g/mol. The maximum absolute atomic E-state index is 14.1. The summed E-state index contributed by atoms with van der Waals surface area (Å²) in [5.41, 5.74) is 2.12. The number of rotatable bonds is 16. The van der Waals surface area contributed by atoms with Gasteiger partial charge in [0.2, 0.25) is 12.4 Å². The first-order valence-corrected chi connectivity index (χ1v) is 19.2. The van der Waals surface area contributed by atoms with E-state index in [1.807, 2.05) is 0 Å². The van der Waals surface area contributed by atoms with E-state index in [4.69, 9.17) is 42.1 Å². The van der Waals surface area contributed by atoms with Gasteiger partial charge in [-0.3, -0.25) is 10.1 Å². The summed E-state index contributed by atoms with van der Waals surface area (Å²) in [5, 5.41) is 24.1. The van der Waals surface area contributed by atoms with Gasteiger partial charge in [0.25, 0.3) is 0 Å². The van der Waals surface area contributed by atoms with E-state index in [1.165, 1.54) is 24.5 Å². The Kier molecular flexibility index (Phi) is 12.0. The Hall–Kier alpha value is -4.85. The average Bonchev–Trinajstić information content (AvgIpc) is 4.01. The van der Waals surface area contributed by atoms with Gasteiger partial charge in [-0.2, -0.15) is 8.78 Å². The molecule has 11 nitrogen and oxygen atoms in total. The minimum absolute atomic E-state index is 0.0167. The highest BCUT2D eigenvalue weighted by Gasteiger charge is 2.38. The molecular weight excluding hydrogens is 771 g/mol. The molecule has 3 aromatic carbocycles. The Balaban J connectivity index is 1.30. The number of aromatic nitrogens is 1. The van der Waals surface area contributed by atoms with E-state index in [9.17, 15) is 28.7 Å². The molecule has 0 radical (unpaired) electrons. The van der Waals surface area contributed by atoms with E-state index in [-0.39, 0.29) is 45.6 Å². The molecule has 4 aliphatic rings. The number of alkyl halides is 2. The smallest absolute Gasteiger partial charge is 0.387 e. The molecule has 56 heavy (non-hydrogen) atoms. The van der Waals surface area contributed by atoms with Crippen molar-refractivity contribution in [3.8, 4) is 17.2 Å². The molecule has 1 aromatic heterocycles. The zero-order chi connectivity index (χ0) is 39.5. The molecule has 4 fully saturated rings. The highest BCUT2D eigenvalue weighted by molar-refractivity contribution is 6.35. The number of carbonyl (C=O) groups is 2. The molecule has 15 heteroatoms. The summed E-state index contributed by atoms with van der Waals surface area (Å²) in [6.45, 7) is -0.186. The number of ether oxygens (including phenoxy) is 4. The Labute approximate surface area is 332 Å². The summed E-state index contributed by atoms with van der Waals surface area (Å²) in [4.78, 5) is 29.3. The Morgan fingerprint density at radius 3 is 2.25 bits per heavy atom. The lowest BCUT2D eigenvalue weighted by atomic mass is 9.83. The molecule has 1 saturated carbocycles. The summed E-state index contributed by atoms with van der Waals surface area (Å²) in [6, 6.07) is 15.2.